The summed E-state index contributed by atoms with van der Waals surface area (Å²) in [5.74, 6) is -0.179. The number of benzene rings is 2. The molecular weight excluding hydrogens is 350 g/mol. The molecule has 1 amide bonds. The highest BCUT2D eigenvalue weighted by Crippen LogP contribution is 2.30. The summed E-state index contributed by atoms with van der Waals surface area (Å²) in [7, 11) is 0. The molecule has 4 nitrogen and oxygen atoms in total. The molecule has 0 fully saturated rings. The molecule has 122 valence electrons. The summed E-state index contributed by atoms with van der Waals surface area (Å²) in [4.78, 5) is 18.1. The molecule has 0 bridgehead atoms. The van der Waals surface area contributed by atoms with Crippen LogP contribution in [0.2, 0.25) is 0 Å². The molecule has 2 heterocycles. The fraction of sp³-hybridized carbons (Fsp3) is 0. The van der Waals surface area contributed by atoms with E-state index < -0.39 is 0 Å². The second kappa shape index (κ2) is 6.96. The van der Waals surface area contributed by atoms with Gasteiger partial charge in [0.2, 0.25) is 5.13 Å². The van der Waals surface area contributed by atoms with Crippen LogP contribution in [0.3, 0.4) is 0 Å². The average molecular weight is 363 g/mol. The van der Waals surface area contributed by atoms with Crippen LogP contribution in [0, 0.1) is 0 Å². The van der Waals surface area contributed by atoms with Crippen molar-refractivity contribution in [2.45, 2.75) is 0 Å². The number of thiazole rings is 1. The van der Waals surface area contributed by atoms with Crippen LogP contribution in [0.15, 0.2) is 77.2 Å². The van der Waals surface area contributed by atoms with E-state index in [1.54, 1.807) is 12.3 Å². The minimum atomic E-state index is -0.179. The van der Waals surface area contributed by atoms with Crippen molar-refractivity contribution in [2.75, 3.05) is 5.01 Å². The van der Waals surface area contributed by atoms with Crippen LogP contribution < -0.4 is 5.01 Å². The van der Waals surface area contributed by atoms with Crippen LogP contribution in [-0.4, -0.2) is 17.1 Å². The monoisotopic (exact) mass is 363 g/mol. The van der Waals surface area contributed by atoms with E-state index in [1.165, 1.54) is 27.7 Å². The van der Waals surface area contributed by atoms with E-state index in [0.29, 0.717) is 10.0 Å². The van der Waals surface area contributed by atoms with Gasteiger partial charge in [0.05, 0.1) is 21.3 Å². The Balaban J connectivity index is 1.75. The molecule has 2 aromatic heterocycles. The molecule has 0 unspecified atom stereocenters. The first-order valence-corrected chi connectivity index (χ1v) is 9.33. The molecule has 0 aliphatic carbocycles. The van der Waals surface area contributed by atoms with Gasteiger partial charge in [-0.15, -0.1) is 11.3 Å². The first-order valence-electron chi connectivity index (χ1n) is 7.64. The molecular formula is C19H13N3OS2. The highest BCUT2D eigenvalue weighted by Gasteiger charge is 2.21. The van der Waals surface area contributed by atoms with Gasteiger partial charge in [-0.3, -0.25) is 4.79 Å². The average Bonchev–Trinajstić information content (AvgIpc) is 3.32. The van der Waals surface area contributed by atoms with Gasteiger partial charge in [-0.25, -0.2) is 4.98 Å². The summed E-state index contributed by atoms with van der Waals surface area (Å²) < 4.78 is 1.02. The van der Waals surface area contributed by atoms with E-state index >= 15 is 0 Å². The second-order valence-corrected chi connectivity index (χ2v) is 7.17. The fourth-order valence-electron chi connectivity index (χ4n) is 2.31. The highest BCUT2D eigenvalue weighted by molar-refractivity contribution is 7.22. The zero-order valence-electron chi connectivity index (χ0n) is 13.1. The van der Waals surface area contributed by atoms with Crippen molar-refractivity contribution in [1.29, 1.82) is 0 Å². The van der Waals surface area contributed by atoms with Crippen LogP contribution in [0.25, 0.3) is 10.2 Å². The van der Waals surface area contributed by atoms with Crippen LogP contribution in [0.5, 0.6) is 0 Å². The summed E-state index contributed by atoms with van der Waals surface area (Å²) >= 11 is 2.85. The zero-order valence-corrected chi connectivity index (χ0v) is 14.7. The molecule has 0 aliphatic rings. The summed E-state index contributed by atoms with van der Waals surface area (Å²) in [6, 6.07) is 21.2. The summed E-state index contributed by atoms with van der Waals surface area (Å²) in [6.45, 7) is 0. The van der Waals surface area contributed by atoms with Crippen molar-refractivity contribution in [1.82, 2.24) is 4.98 Å². The maximum atomic E-state index is 12.9. The lowest BCUT2D eigenvalue weighted by atomic mass is 10.2. The van der Waals surface area contributed by atoms with Crippen LogP contribution in [0.4, 0.5) is 5.13 Å². The summed E-state index contributed by atoms with van der Waals surface area (Å²) in [5.41, 5.74) is 1.79. The Morgan fingerprint density at radius 3 is 2.56 bits per heavy atom. The van der Waals surface area contributed by atoms with Crippen molar-refractivity contribution < 1.29 is 4.79 Å². The molecule has 25 heavy (non-hydrogen) atoms. The summed E-state index contributed by atoms with van der Waals surface area (Å²) in [5, 5.41) is 8.25. The lowest BCUT2D eigenvalue weighted by molar-refractivity contribution is 0.0991. The van der Waals surface area contributed by atoms with E-state index in [-0.39, 0.29) is 5.91 Å². The fourth-order valence-corrected chi connectivity index (χ4v) is 3.88. The smallest absolute Gasteiger partial charge is 0.266 e. The van der Waals surface area contributed by atoms with Crippen molar-refractivity contribution in [3.63, 3.8) is 0 Å². The molecule has 2 aromatic carbocycles. The molecule has 0 radical (unpaired) electrons. The number of hydrazone groups is 1. The highest BCUT2D eigenvalue weighted by atomic mass is 32.1. The molecule has 0 aliphatic heterocycles. The number of hydrogen-bond acceptors (Lipinski definition) is 5. The quantitative estimate of drug-likeness (QED) is 0.377. The molecule has 4 aromatic rings. The lowest BCUT2D eigenvalue weighted by Crippen LogP contribution is -2.24. The van der Waals surface area contributed by atoms with Gasteiger partial charge in [0.15, 0.2) is 0 Å². The minimum Gasteiger partial charge on any atom is -0.266 e. The maximum absolute atomic E-state index is 12.9. The number of carbonyl (C=O) groups excluding carboxylic acids is 1. The first-order chi connectivity index (χ1) is 12.3. The Bertz CT molecular complexity index is 990. The predicted octanol–water partition coefficient (Wildman–Crippen LogP) is 5.04. The number of fused-ring (bicyclic) bond motifs is 1. The molecule has 0 N–H and O–H groups in total. The van der Waals surface area contributed by atoms with Gasteiger partial charge < -0.3 is 0 Å². The lowest BCUT2D eigenvalue weighted by Gasteiger charge is -2.12. The van der Waals surface area contributed by atoms with E-state index in [4.69, 9.17) is 0 Å². The van der Waals surface area contributed by atoms with E-state index in [1.807, 2.05) is 66.0 Å². The van der Waals surface area contributed by atoms with Gasteiger partial charge in [-0.1, -0.05) is 59.9 Å². The van der Waals surface area contributed by atoms with Crippen molar-refractivity contribution in [3.05, 3.63) is 82.6 Å². The normalized spacial score (nSPS) is 11.2. The molecule has 0 atom stereocenters. The zero-order chi connectivity index (χ0) is 17.1. The largest absolute Gasteiger partial charge is 0.290 e. The van der Waals surface area contributed by atoms with E-state index in [0.717, 1.165) is 15.8 Å². The van der Waals surface area contributed by atoms with Gasteiger partial charge >= 0.3 is 0 Å². The molecule has 6 heteroatoms. The summed E-state index contributed by atoms with van der Waals surface area (Å²) in [6.07, 6.45) is 1.68. The van der Waals surface area contributed by atoms with Crippen LogP contribution in [0.1, 0.15) is 15.2 Å². The number of hydrogen-bond donors (Lipinski definition) is 0. The van der Waals surface area contributed by atoms with Gasteiger partial charge in [0.25, 0.3) is 5.91 Å². The maximum Gasteiger partial charge on any atom is 0.290 e. The number of rotatable bonds is 4. The van der Waals surface area contributed by atoms with Gasteiger partial charge in [-0.2, -0.15) is 10.1 Å². The number of aromatic nitrogens is 1. The number of anilines is 1. The standard InChI is InChI=1S/C19H13N3OS2/c23-18(17-11-6-12-24-17)22(20-13-14-7-2-1-3-8-14)19-21-15-9-4-5-10-16(15)25-19/h1-13H/b20-13-. The number of nitrogens with zero attached hydrogens (tertiary/aromatic N) is 3. The SMILES string of the molecule is O=C(c1cccs1)N(/N=C\c1ccccc1)c1nc2ccccc2s1. The van der Waals surface area contributed by atoms with E-state index in [2.05, 4.69) is 10.1 Å². The molecule has 0 saturated heterocycles. The Hall–Kier alpha value is -2.83. The van der Waals surface area contributed by atoms with Crippen molar-refractivity contribution >= 4 is 50.1 Å². The molecule has 0 saturated carbocycles. The first kappa shape index (κ1) is 15.7. The molecule has 0 spiro atoms. The van der Waals surface area contributed by atoms with E-state index in [9.17, 15) is 4.79 Å². The van der Waals surface area contributed by atoms with Crippen LogP contribution in [-0.2, 0) is 0 Å². The van der Waals surface area contributed by atoms with Crippen molar-refractivity contribution in [2.24, 2.45) is 5.10 Å². The third kappa shape index (κ3) is 3.35. The Morgan fingerprint density at radius 1 is 1.00 bits per heavy atom. The number of carbonyl (C=O) groups is 1. The molecule has 4 rings (SSSR count). The Kier molecular flexibility index (Phi) is 4.37. The number of para-hydroxylation sites is 1. The number of thiophene rings is 1. The topological polar surface area (TPSA) is 45.6 Å². The third-order valence-corrected chi connectivity index (χ3v) is 5.38. The van der Waals surface area contributed by atoms with Crippen LogP contribution >= 0.6 is 22.7 Å². The van der Waals surface area contributed by atoms with Gasteiger partial charge in [-0.05, 0) is 29.1 Å². The van der Waals surface area contributed by atoms with Crippen molar-refractivity contribution in [3.8, 4) is 0 Å². The van der Waals surface area contributed by atoms with Gasteiger partial charge in [0.1, 0.15) is 0 Å². The Labute approximate surface area is 152 Å². The Morgan fingerprint density at radius 2 is 1.80 bits per heavy atom. The second-order valence-electron chi connectivity index (χ2n) is 5.21. The minimum absolute atomic E-state index is 0.179. The third-order valence-electron chi connectivity index (χ3n) is 3.51. The van der Waals surface area contributed by atoms with Gasteiger partial charge in [0, 0.05) is 0 Å². The predicted molar refractivity (Wildman–Crippen MR) is 105 cm³/mol. The number of amides is 1.